The number of hydrogen-bond acceptors (Lipinski definition) is 5. The van der Waals surface area contributed by atoms with Gasteiger partial charge in [-0.15, -0.1) is 11.3 Å². The van der Waals surface area contributed by atoms with Gasteiger partial charge in [0.25, 0.3) is 0 Å². The van der Waals surface area contributed by atoms with E-state index in [4.69, 9.17) is 15.6 Å². The molecule has 5 nitrogen and oxygen atoms in total. The maximum absolute atomic E-state index is 10.6. The monoisotopic (exact) mass is 228 g/mol. The van der Waals surface area contributed by atoms with Crippen molar-refractivity contribution in [3.8, 4) is 0 Å². The molecule has 0 radical (unpaired) electrons. The van der Waals surface area contributed by atoms with Crippen LogP contribution < -0.4 is 5.73 Å². The molecule has 2 unspecified atom stereocenters. The van der Waals surface area contributed by atoms with Gasteiger partial charge >= 0.3 is 5.97 Å². The number of aliphatic carboxylic acids is 1. The molecule has 0 saturated carbocycles. The van der Waals surface area contributed by atoms with Gasteiger partial charge in [-0.25, -0.2) is 4.98 Å². The Morgan fingerprint density at radius 2 is 2.60 bits per heavy atom. The zero-order valence-corrected chi connectivity index (χ0v) is 8.87. The highest BCUT2D eigenvalue weighted by Crippen LogP contribution is 2.31. The Morgan fingerprint density at radius 1 is 1.80 bits per heavy atom. The lowest BCUT2D eigenvalue weighted by Gasteiger charge is -2.04. The largest absolute Gasteiger partial charge is 0.480 e. The van der Waals surface area contributed by atoms with Crippen LogP contribution in [0.3, 0.4) is 0 Å². The Morgan fingerprint density at radius 3 is 3.20 bits per heavy atom. The van der Waals surface area contributed by atoms with Gasteiger partial charge < -0.3 is 15.6 Å². The molecule has 6 heteroatoms. The number of aromatic nitrogens is 1. The second kappa shape index (κ2) is 4.26. The van der Waals surface area contributed by atoms with Crippen LogP contribution in [0.5, 0.6) is 0 Å². The van der Waals surface area contributed by atoms with Crippen molar-refractivity contribution in [3.05, 3.63) is 16.1 Å². The van der Waals surface area contributed by atoms with E-state index in [1.54, 1.807) is 5.38 Å². The van der Waals surface area contributed by atoms with Crippen LogP contribution in [0.15, 0.2) is 5.38 Å². The van der Waals surface area contributed by atoms with Crippen LogP contribution in [-0.4, -0.2) is 22.7 Å². The number of carboxylic acids is 1. The average Bonchev–Trinajstić information content (AvgIpc) is 2.86. The number of thiazole rings is 1. The fourth-order valence-electron chi connectivity index (χ4n) is 1.49. The van der Waals surface area contributed by atoms with Crippen molar-refractivity contribution < 1.29 is 14.6 Å². The predicted molar refractivity (Wildman–Crippen MR) is 54.6 cm³/mol. The number of nitrogens with two attached hydrogens (primary N) is 1. The summed E-state index contributed by atoms with van der Waals surface area (Å²) in [6.45, 7) is 0.755. The molecule has 1 aliphatic heterocycles. The van der Waals surface area contributed by atoms with Crippen molar-refractivity contribution in [2.24, 2.45) is 5.73 Å². The second-order valence-electron chi connectivity index (χ2n) is 3.43. The Labute approximate surface area is 90.9 Å². The summed E-state index contributed by atoms with van der Waals surface area (Å²) in [5, 5.41) is 11.2. The molecule has 0 spiro atoms. The lowest BCUT2D eigenvalue weighted by Crippen LogP contribution is -2.21. The van der Waals surface area contributed by atoms with E-state index < -0.39 is 12.0 Å². The summed E-state index contributed by atoms with van der Waals surface area (Å²) in [5.41, 5.74) is 5.87. The number of hydrogen-bond donors (Lipinski definition) is 2. The highest BCUT2D eigenvalue weighted by atomic mass is 32.1. The predicted octanol–water partition coefficient (Wildman–Crippen LogP) is 1.08. The van der Waals surface area contributed by atoms with E-state index in [0.717, 1.165) is 24.5 Å². The van der Waals surface area contributed by atoms with Crippen LogP contribution in [-0.2, 0) is 9.53 Å². The summed E-state index contributed by atoms with van der Waals surface area (Å²) < 4.78 is 5.45. The van der Waals surface area contributed by atoms with E-state index in [1.807, 2.05) is 0 Å². The van der Waals surface area contributed by atoms with Crippen LogP contribution in [0.1, 0.15) is 35.7 Å². The van der Waals surface area contributed by atoms with Crippen molar-refractivity contribution in [1.82, 2.24) is 4.98 Å². The Kier molecular flexibility index (Phi) is 2.99. The molecular formula is C9H12N2O3S. The number of ether oxygens (including phenoxy) is 1. The molecule has 82 valence electrons. The maximum atomic E-state index is 10.6. The van der Waals surface area contributed by atoms with Gasteiger partial charge in [0.1, 0.15) is 17.2 Å². The number of carboxylic acid groups (broad SMARTS) is 1. The van der Waals surface area contributed by atoms with Crippen molar-refractivity contribution >= 4 is 17.3 Å². The third-order valence-corrected chi connectivity index (χ3v) is 3.28. The van der Waals surface area contributed by atoms with Gasteiger partial charge in [-0.05, 0) is 12.8 Å². The minimum absolute atomic E-state index is 0.0322. The first-order chi connectivity index (χ1) is 7.18. The fourth-order valence-corrected chi connectivity index (χ4v) is 2.43. The SMILES string of the molecule is NC(C(=O)O)c1csc(C2CCCO2)n1. The van der Waals surface area contributed by atoms with Crippen LogP contribution in [0.2, 0.25) is 0 Å². The molecule has 1 fully saturated rings. The van der Waals surface area contributed by atoms with Gasteiger partial charge in [0, 0.05) is 12.0 Å². The summed E-state index contributed by atoms with van der Waals surface area (Å²) in [4.78, 5) is 14.8. The second-order valence-corrected chi connectivity index (χ2v) is 4.32. The minimum atomic E-state index is -1.06. The highest BCUT2D eigenvalue weighted by Gasteiger charge is 2.23. The van der Waals surface area contributed by atoms with E-state index in [0.29, 0.717) is 5.69 Å². The van der Waals surface area contributed by atoms with Gasteiger partial charge in [0.15, 0.2) is 0 Å². The lowest BCUT2D eigenvalue weighted by molar-refractivity contribution is -0.138. The van der Waals surface area contributed by atoms with Gasteiger partial charge in [-0.3, -0.25) is 4.79 Å². The van der Waals surface area contributed by atoms with Crippen molar-refractivity contribution in [3.63, 3.8) is 0 Å². The van der Waals surface area contributed by atoms with Gasteiger partial charge in [0.05, 0.1) is 5.69 Å². The molecule has 2 atom stereocenters. The lowest BCUT2D eigenvalue weighted by atomic mass is 10.2. The fraction of sp³-hybridized carbons (Fsp3) is 0.556. The molecule has 1 aromatic heterocycles. The molecule has 1 aliphatic rings. The van der Waals surface area contributed by atoms with Crippen LogP contribution in [0.25, 0.3) is 0 Å². The average molecular weight is 228 g/mol. The first-order valence-electron chi connectivity index (χ1n) is 4.74. The molecule has 0 amide bonds. The van der Waals surface area contributed by atoms with E-state index in [-0.39, 0.29) is 6.10 Å². The quantitative estimate of drug-likeness (QED) is 0.808. The molecule has 1 aromatic rings. The first kappa shape index (κ1) is 10.5. The molecule has 0 bridgehead atoms. The van der Waals surface area contributed by atoms with E-state index in [2.05, 4.69) is 4.98 Å². The van der Waals surface area contributed by atoms with E-state index in [9.17, 15) is 4.79 Å². The summed E-state index contributed by atoms with van der Waals surface area (Å²) >= 11 is 1.41. The minimum Gasteiger partial charge on any atom is -0.480 e. The van der Waals surface area contributed by atoms with Crippen molar-refractivity contribution in [2.45, 2.75) is 25.0 Å². The molecule has 3 N–H and O–H groups in total. The smallest absolute Gasteiger partial charge is 0.326 e. The third kappa shape index (κ3) is 2.17. The van der Waals surface area contributed by atoms with Crippen LogP contribution in [0.4, 0.5) is 0 Å². The summed E-state index contributed by atoms with van der Waals surface area (Å²) in [6, 6.07) is -1.03. The van der Waals surface area contributed by atoms with Crippen molar-refractivity contribution in [2.75, 3.05) is 6.61 Å². The first-order valence-corrected chi connectivity index (χ1v) is 5.62. The molecule has 2 heterocycles. The molecule has 0 aliphatic carbocycles. The zero-order chi connectivity index (χ0) is 10.8. The summed E-state index contributed by atoms with van der Waals surface area (Å²) in [6.07, 6.45) is 2.02. The Balaban J connectivity index is 2.12. The highest BCUT2D eigenvalue weighted by molar-refractivity contribution is 7.09. The molecule has 15 heavy (non-hydrogen) atoms. The van der Waals surface area contributed by atoms with E-state index in [1.165, 1.54) is 11.3 Å². The van der Waals surface area contributed by atoms with Crippen LogP contribution >= 0.6 is 11.3 Å². The Hall–Kier alpha value is -0.980. The standard InChI is InChI=1S/C9H12N2O3S/c10-7(9(12)13)5-4-15-8(11-5)6-2-1-3-14-6/h4,6-7H,1-3,10H2,(H,12,13). The summed E-state index contributed by atoms with van der Waals surface area (Å²) in [5.74, 6) is -1.06. The number of rotatable bonds is 3. The zero-order valence-electron chi connectivity index (χ0n) is 8.05. The Bertz CT molecular complexity index is 360. The maximum Gasteiger partial charge on any atom is 0.326 e. The molecule has 1 saturated heterocycles. The van der Waals surface area contributed by atoms with Gasteiger partial charge in [-0.1, -0.05) is 0 Å². The third-order valence-electron chi connectivity index (χ3n) is 2.33. The molecule has 0 aromatic carbocycles. The van der Waals surface area contributed by atoms with Crippen LogP contribution in [0, 0.1) is 0 Å². The number of nitrogens with zero attached hydrogens (tertiary/aromatic N) is 1. The van der Waals surface area contributed by atoms with Gasteiger partial charge in [-0.2, -0.15) is 0 Å². The molecular weight excluding hydrogens is 216 g/mol. The van der Waals surface area contributed by atoms with Crippen molar-refractivity contribution in [1.29, 1.82) is 0 Å². The molecule has 2 rings (SSSR count). The topological polar surface area (TPSA) is 85.4 Å². The number of carbonyl (C=O) groups is 1. The summed E-state index contributed by atoms with van der Waals surface area (Å²) in [7, 11) is 0. The van der Waals surface area contributed by atoms with E-state index >= 15 is 0 Å². The normalized spacial score (nSPS) is 22.9. The van der Waals surface area contributed by atoms with Gasteiger partial charge in [0.2, 0.25) is 0 Å².